The van der Waals surface area contributed by atoms with Gasteiger partial charge in [0.2, 0.25) is 5.91 Å². The van der Waals surface area contributed by atoms with Gasteiger partial charge in [0.1, 0.15) is 5.54 Å². The third kappa shape index (κ3) is 4.91. The van der Waals surface area contributed by atoms with E-state index in [0.29, 0.717) is 19.3 Å². The number of β-amino-alcohol motifs (C(OH)–C–C–N with tert-alkyl or cyclic N) is 1. The molecule has 4 aliphatic rings. The van der Waals surface area contributed by atoms with Crippen molar-refractivity contribution in [2.75, 3.05) is 37.7 Å². The van der Waals surface area contributed by atoms with Gasteiger partial charge in [-0.2, -0.15) is 27.0 Å². The Morgan fingerprint density at radius 3 is 2.49 bits per heavy atom. The number of benzene rings is 2. The average molecular weight is 543 g/mol. The molecule has 37 heavy (non-hydrogen) atoms. The molecule has 0 bridgehead atoms. The lowest BCUT2D eigenvalue weighted by Crippen LogP contribution is -2.57. The Morgan fingerprint density at radius 2 is 1.76 bits per heavy atom. The Hall–Kier alpha value is -1.71. The Balaban J connectivity index is 0.00000160. The predicted octanol–water partition coefficient (Wildman–Crippen LogP) is 3.63. The summed E-state index contributed by atoms with van der Waals surface area (Å²) in [6, 6.07) is 17.7. The zero-order valence-corrected chi connectivity index (χ0v) is 23.6. The van der Waals surface area contributed by atoms with E-state index in [2.05, 4.69) is 40.1 Å². The Labute approximate surface area is 235 Å². The van der Waals surface area contributed by atoms with E-state index in [4.69, 9.17) is 5.73 Å². The highest BCUT2D eigenvalue weighted by atomic mass is 32.1. The molecule has 2 heterocycles. The van der Waals surface area contributed by atoms with Crippen LogP contribution >= 0.6 is 27.0 Å². The van der Waals surface area contributed by atoms with Crippen molar-refractivity contribution in [3.05, 3.63) is 65.2 Å². The van der Waals surface area contributed by atoms with Gasteiger partial charge >= 0.3 is 0 Å². The van der Waals surface area contributed by atoms with Gasteiger partial charge in [0.25, 0.3) is 0 Å². The number of nitrogens with zero attached hydrogens (tertiary/aromatic N) is 3. The second-order valence-corrected chi connectivity index (χ2v) is 11.0. The first-order valence-corrected chi connectivity index (χ1v) is 13.5. The van der Waals surface area contributed by atoms with Gasteiger partial charge in [0.05, 0.1) is 12.8 Å². The minimum Gasteiger partial charge on any atom is -0.390 e. The molecule has 0 saturated carbocycles. The third-order valence-corrected chi connectivity index (χ3v) is 9.14. The standard InChI is InChI=1S/C29H38N4O2.2H2S/c30-18-24(34)19-32-20-33(23-9-2-1-3-10-23)29(28(32)35)14-16-31(17-15-29)26-13-12-22-7-4-6-21-8-5-11-25(26)27(21)22;;/h1-3,5,8-11,22,24,26,34H,4,6-7,12-20,30H2;2*1H2/t22-,24+,26-;;/m0../s1. The zero-order valence-electron chi connectivity index (χ0n) is 21.6. The smallest absolute Gasteiger partial charge is 0.250 e. The monoisotopic (exact) mass is 542 g/mol. The molecule has 3 N–H and O–H groups in total. The van der Waals surface area contributed by atoms with Crippen molar-refractivity contribution in [2.45, 2.75) is 68.5 Å². The van der Waals surface area contributed by atoms with Crippen molar-refractivity contribution in [3.8, 4) is 0 Å². The quantitative estimate of drug-likeness (QED) is 0.604. The summed E-state index contributed by atoms with van der Waals surface area (Å²) in [4.78, 5) is 20.6. The van der Waals surface area contributed by atoms with Crippen molar-refractivity contribution in [2.24, 2.45) is 5.73 Å². The van der Waals surface area contributed by atoms with Crippen LogP contribution in [0.3, 0.4) is 0 Å². The molecule has 8 heteroatoms. The lowest BCUT2D eigenvalue weighted by Gasteiger charge is -2.47. The highest BCUT2D eigenvalue weighted by Crippen LogP contribution is 2.48. The Morgan fingerprint density at radius 1 is 1.00 bits per heavy atom. The molecule has 2 fully saturated rings. The van der Waals surface area contributed by atoms with Crippen LogP contribution in [-0.4, -0.2) is 65.3 Å². The third-order valence-electron chi connectivity index (χ3n) is 9.14. The molecule has 0 radical (unpaired) electrons. The van der Waals surface area contributed by atoms with Crippen molar-refractivity contribution >= 4 is 38.6 Å². The van der Waals surface area contributed by atoms with Gasteiger partial charge in [-0.25, -0.2) is 0 Å². The van der Waals surface area contributed by atoms with Gasteiger partial charge < -0.3 is 20.6 Å². The van der Waals surface area contributed by atoms with Crippen molar-refractivity contribution in [3.63, 3.8) is 0 Å². The molecule has 6 nitrogen and oxygen atoms in total. The highest BCUT2D eigenvalue weighted by Gasteiger charge is 2.54. The maximum absolute atomic E-state index is 13.8. The second kappa shape index (κ2) is 11.6. The molecule has 2 aromatic rings. The van der Waals surface area contributed by atoms with Crippen LogP contribution in [0.5, 0.6) is 0 Å². The molecule has 2 saturated heterocycles. The largest absolute Gasteiger partial charge is 0.390 e. The van der Waals surface area contributed by atoms with Crippen LogP contribution in [0, 0.1) is 0 Å². The van der Waals surface area contributed by atoms with E-state index >= 15 is 0 Å². The molecule has 6 rings (SSSR count). The van der Waals surface area contributed by atoms with Gasteiger partial charge in [-0.3, -0.25) is 9.69 Å². The molecule has 1 spiro atoms. The number of aliphatic hydroxyl groups excluding tert-OH is 1. The number of rotatable bonds is 5. The summed E-state index contributed by atoms with van der Waals surface area (Å²) in [7, 11) is 0. The fraction of sp³-hybridized carbons (Fsp3) is 0.552. The zero-order chi connectivity index (χ0) is 24.0. The minimum atomic E-state index is -0.689. The summed E-state index contributed by atoms with van der Waals surface area (Å²) in [5.41, 5.74) is 11.0. The number of piperidine rings is 1. The molecule has 2 aromatic carbocycles. The van der Waals surface area contributed by atoms with Gasteiger partial charge in [-0.15, -0.1) is 0 Å². The van der Waals surface area contributed by atoms with Crippen molar-refractivity contribution in [1.82, 2.24) is 9.80 Å². The number of carbonyl (C=O) groups excluding carboxylic acids is 1. The van der Waals surface area contributed by atoms with Gasteiger partial charge in [0, 0.05) is 37.9 Å². The topological polar surface area (TPSA) is 73.0 Å². The SMILES string of the molecule is NC[C@@H](O)CN1CN(c2ccccc2)C2(CCN([C@H]3CC[C@@H]4CCCc5cccc3c54)CC2)C1=O.S.S. The number of carbonyl (C=O) groups is 1. The van der Waals surface area contributed by atoms with Crippen LogP contribution in [0.2, 0.25) is 0 Å². The van der Waals surface area contributed by atoms with Gasteiger partial charge in [0.15, 0.2) is 0 Å². The van der Waals surface area contributed by atoms with E-state index < -0.39 is 11.6 Å². The minimum absolute atomic E-state index is 0. The predicted molar refractivity (Wildman–Crippen MR) is 159 cm³/mol. The lowest BCUT2D eigenvalue weighted by atomic mass is 9.71. The van der Waals surface area contributed by atoms with Gasteiger partial charge in [-0.05, 0) is 79.7 Å². The summed E-state index contributed by atoms with van der Waals surface area (Å²) in [5, 5.41) is 10.2. The number of nitrogens with two attached hydrogens (primary N) is 1. The number of para-hydroxylation sites is 1. The van der Waals surface area contributed by atoms with Crippen LogP contribution in [0.25, 0.3) is 0 Å². The summed E-state index contributed by atoms with van der Waals surface area (Å²) in [6.45, 7) is 2.81. The normalized spacial score (nSPS) is 25.3. The number of amides is 1. The maximum atomic E-state index is 13.8. The van der Waals surface area contributed by atoms with Crippen molar-refractivity contribution < 1.29 is 9.90 Å². The number of likely N-dealkylation sites (tertiary alicyclic amines) is 1. The van der Waals surface area contributed by atoms with E-state index in [1.54, 1.807) is 16.7 Å². The lowest BCUT2D eigenvalue weighted by molar-refractivity contribution is -0.135. The van der Waals surface area contributed by atoms with Crippen LogP contribution in [0.15, 0.2) is 48.5 Å². The molecular formula is C29H42N4O2S2. The van der Waals surface area contributed by atoms with Gasteiger partial charge in [-0.1, -0.05) is 36.4 Å². The van der Waals surface area contributed by atoms with E-state index in [0.717, 1.165) is 37.5 Å². The summed E-state index contributed by atoms with van der Waals surface area (Å²) < 4.78 is 0. The molecule has 2 aliphatic heterocycles. The number of aryl methyl sites for hydroxylation is 1. The van der Waals surface area contributed by atoms with Crippen LogP contribution in [0.1, 0.15) is 67.2 Å². The molecule has 3 atom stereocenters. The van der Waals surface area contributed by atoms with Crippen LogP contribution in [0.4, 0.5) is 5.69 Å². The van der Waals surface area contributed by atoms with Crippen LogP contribution < -0.4 is 10.6 Å². The molecular weight excluding hydrogens is 500 g/mol. The first kappa shape index (κ1) is 28.3. The average Bonchev–Trinajstić information content (AvgIpc) is 3.16. The first-order chi connectivity index (χ1) is 17.1. The molecule has 0 unspecified atom stereocenters. The number of anilines is 1. The number of hydrogen-bond donors (Lipinski definition) is 2. The molecule has 0 aromatic heterocycles. The van der Waals surface area contributed by atoms with E-state index in [-0.39, 0.29) is 39.4 Å². The fourth-order valence-corrected chi connectivity index (χ4v) is 7.38. The maximum Gasteiger partial charge on any atom is 0.250 e. The van der Waals surface area contributed by atoms with E-state index in [9.17, 15) is 9.90 Å². The summed E-state index contributed by atoms with van der Waals surface area (Å²) in [6.07, 6.45) is 7.33. The van der Waals surface area contributed by atoms with Crippen molar-refractivity contribution in [1.29, 1.82) is 0 Å². The number of aliphatic hydroxyl groups is 1. The second-order valence-electron chi connectivity index (χ2n) is 11.0. The van der Waals surface area contributed by atoms with Crippen LogP contribution in [-0.2, 0) is 11.2 Å². The molecule has 202 valence electrons. The van der Waals surface area contributed by atoms with E-state index in [1.165, 1.54) is 32.1 Å². The summed E-state index contributed by atoms with van der Waals surface area (Å²) in [5.74, 6) is 0.893. The Kier molecular flexibility index (Phi) is 8.86. The summed E-state index contributed by atoms with van der Waals surface area (Å²) >= 11 is 0. The van der Waals surface area contributed by atoms with E-state index in [1.807, 2.05) is 23.1 Å². The number of hydrogen-bond acceptors (Lipinski definition) is 5. The fourth-order valence-electron chi connectivity index (χ4n) is 7.38. The molecule has 1 amide bonds. The first-order valence-electron chi connectivity index (χ1n) is 13.5. The Bertz CT molecular complexity index is 1080. The molecule has 2 aliphatic carbocycles. The highest BCUT2D eigenvalue weighted by molar-refractivity contribution is 7.59.